The number of benzene rings is 2. The lowest BCUT2D eigenvalue weighted by Crippen LogP contribution is -2.34. The maximum atomic E-state index is 12.5. The van der Waals surface area contributed by atoms with E-state index in [9.17, 15) is 9.90 Å². The number of nitrogens with one attached hydrogen (secondary N) is 1. The first kappa shape index (κ1) is 17.1. The van der Waals surface area contributed by atoms with Crippen LogP contribution in [0.4, 0.5) is 11.4 Å². The normalized spacial score (nSPS) is 13.8. The minimum atomic E-state index is -0.0579. The molecule has 0 spiro atoms. The van der Waals surface area contributed by atoms with Crippen LogP contribution in [0.15, 0.2) is 36.4 Å². The van der Waals surface area contributed by atoms with Gasteiger partial charge in [-0.3, -0.25) is 4.79 Å². The van der Waals surface area contributed by atoms with Gasteiger partial charge in [0.1, 0.15) is 11.5 Å². The number of phenolic OH excluding ortho intramolecular Hbond substituents is 1. The first-order valence-corrected chi connectivity index (χ1v) is 8.58. The Bertz CT molecular complexity index is 774. The Labute approximate surface area is 148 Å². The number of carbonyl (C=O) groups excluding carboxylic acids is 1. The van der Waals surface area contributed by atoms with Crippen LogP contribution in [0.5, 0.6) is 11.5 Å². The lowest BCUT2D eigenvalue weighted by Gasteiger charge is -2.25. The zero-order valence-corrected chi connectivity index (χ0v) is 14.7. The molecule has 2 aromatic carbocycles. The monoisotopic (exact) mass is 340 g/mol. The SMILES string of the molecule is COc1ccc2c(c1)CCCCN2CC(=O)Nc1ccc(O)cc1C. The molecule has 0 saturated heterocycles. The fraction of sp³-hybridized carbons (Fsp3) is 0.350. The summed E-state index contributed by atoms with van der Waals surface area (Å²) in [5.74, 6) is 0.994. The van der Waals surface area contributed by atoms with Crippen molar-refractivity contribution in [2.75, 3.05) is 30.4 Å². The summed E-state index contributed by atoms with van der Waals surface area (Å²) < 4.78 is 5.32. The minimum absolute atomic E-state index is 0.0579. The average Bonchev–Trinajstić information content (AvgIpc) is 2.79. The van der Waals surface area contributed by atoms with Crippen LogP contribution in [0.1, 0.15) is 24.0 Å². The summed E-state index contributed by atoms with van der Waals surface area (Å²) in [6.07, 6.45) is 3.17. The summed E-state index contributed by atoms with van der Waals surface area (Å²) in [7, 11) is 1.67. The van der Waals surface area contributed by atoms with Crippen molar-refractivity contribution < 1.29 is 14.6 Å². The second-order valence-electron chi connectivity index (χ2n) is 6.42. The van der Waals surface area contributed by atoms with Gasteiger partial charge in [0.2, 0.25) is 5.91 Å². The highest BCUT2D eigenvalue weighted by Gasteiger charge is 2.18. The third kappa shape index (κ3) is 4.05. The highest BCUT2D eigenvalue weighted by atomic mass is 16.5. The van der Waals surface area contributed by atoms with Gasteiger partial charge in [-0.25, -0.2) is 0 Å². The molecule has 0 saturated carbocycles. The molecule has 0 unspecified atom stereocenters. The molecule has 0 aromatic heterocycles. The van der Waals surface area contributed by atoms with Crippen molar-refractivity contribution in [3.63, 3.8) is 0 Å². The zero-order chi connectivity index (χ0) is 17.8. The standard InChI is InChI=1S/C20H24N2O3/c1-14-11-16(23)6-8-18(14)21-20(24)13-22-10-4-3-5-15-12-17(25-2)7-9-19(15)22/h6-9,11-12,23H,3-5,10,13H2,1-2H3,(H,21,24). The number of aromatic hydroxyl groups is 1. The molecule has 2 N–H and O–H groups in total. The Hall–Kier alpha value is -2.69. The molecule has 2 aromatic rings. The molecule has 5 heteroatoms. The molecule has 0 bridgehead atoms. The quantitative estimate of drug-likeness (QED) is 0.837. The van der Waals surface area contributed by atoms with E-state index in [0.717, 1.165) is 48.5 Å². The van der Waals surface area contributed by atoms with Crippen LogP contribution in [-0.4, -0.2) is 31.2 Å². The fourth-order valence-corrected chi connectivity index (χ4v) is 3.25. The van der Waals surface area contributed by atoms with E-state index in [0.29, 0.717) is 6.54 Å². The molecule has 1 aliphatic rings. The number of aryl methyl sites for hydroxylation is 2. The topological polar surface area (TPSA) is 61.8 Å². The number of carbonyl (C=O) groups is 1. The maximum absolute atomic E-state index is 12.5. The molecule has 132 valence electrons. The summed E-state index contributed by atoms with van der Waals surface area (Å²) in [5, 5.41) is 12.4. The van der Waals surface area contributed by atoms with Crippen LogP contribution in [0.3, 0.4) is 0 Å². The number of hydrogen-bond donors (Lipinski definition) is 2. The van der Waals surface area contributed by atoms with Gasteiger partial charge in [-0.15, -0.1) is 0 Å². The van der Waals surface area contributed by atoms with Crippen molar-refractivity contribution in [3.05, 3.63) is 47.5 Å². The van der Waals surface area contributed by atoms with Crippen molar-refractivity contribution in [1.82, 2.24) is 0 Å². The molecular formula is C20H24N2O3. The van der Waals surface area contributed by atoms with Crippen molar-refractivity contribution in [2.24, 2.45) is 0 Å². The molecule has 1 aliphatic heterocycles. The Morgan fingerprint density at radius 1 is 1.24 bits per heavy atom. The number of rotatable bonds is 4. The van der Waals surface area contributed by atoms with Gasteiger partial charge >= 0.3 is 0 Å². The molecule has 1 amide bonds. The van der Waals surface area contributed by atoms with Crippen molar-refractivity contribution in [3.8, 4) is 11.5 Å². The summed E-state index contributed by atoms with van der Waals surface area (Å²) in [6, 6.07) is 11.0. The second-order valence-corrected chi connectivity index (χ2v) is 6.42. The number of nitrogens with zero attached hydrogens (tertiary/aromatic N) is 1. The van der Waals surface area contributed by atoms with E-state index in [1.54, 1.807) is 25.3 Å². The summed E-state index contributed by atoms with van der Waals surface area (Å²) in [6.45, 7) is 3.03. The van der Waals surface area contributed by atoms with E-state index >= 15 is 0 Å². The van der Waals surface area contributed by atoms with E-state index in [1.165, 1.54) is 5.56 Å². The Balaban J connectivity index is 1.75. The van der Waals surface area contributed by atoms with Gasteiger partial charge in [0.25, 0.3) is 0 Å². The molecule has 5 nitrogen and oxygen atoms in total. The van der Waals surface area contributed by atoms with Crippen LogP contribution < -0.4 is 15.0 Å². The van der Waals surface area contributed by atoms with Gasteiger partial charge < -0.3 is 20.1 Å². The molecule has 3 rings (SSSR count). The van der Waals surface area contributed by atoms with Gasteiger partial charge in [-0.2, -0.15) is 0 Å². The largest absolute Gasteiger partial charge is 0.508 e. The zero-order valence-electron chi connectivity index (χ0n) is 14.7. The van der Waals surface area contributed by atoms with Crippen molar-refractivity contribution in [2.45, 2.75) is 26.2 Å². The lowest BCUT2D eigenvalue weighted by molar-refractivity contribution is -0.115. The number of phenols is 1. The summed E-state index contributed by atoms with van der Waals surface area (Å²) in [4.78, 5) is 14.7. The number of methoxy groups -OCH3 is 1. The van der Waals surface area contributed by atoms with Crippen LogP contribution in [0.25, 0.3) is 0 Å². The summed E-state index contributed by atoms with van der Waals surface area (Å²) in [5.41, 5.74) is 3.91. The number of fused-ring (bicyclic) bond motifs is 1. The molecule has 0 aliphatic carbocycles. The van der Waals surface area contributed by atoms with Gasteiger partial charge in [0.05, 0.1) is 13.7 Å². The van der Waals surface area contributed by atoms with Crippen LogP contribution in [0.2, 0.25) is 0 Å². The average molecular weight is 340 g/mol. The number of hydrogen-bond acceptors (Lipinski definition) is 4. The second kappa shape index (κ2) is 7.47. The van der Waals surface area contributed by atoms with Gasteiger partial charge in [0, 0.05) is 17.9 Å². The highest BCUT2D eigenvalue weighted by Crippen LogP contribution is 2.30. The van der Waals surface area contributed by atoms with Gasteiger partial charge in [0.15, 0.2) is 0 Å². The molecule has 0 atom stereocenters. The summed E-state index contributed by atoms with van der Waals surface area (Å²) >= 11 is 0. The van der Waals surface area contributed by atoms with Gasteiger partial charge in [-0.05, 0) is 73.7 Å². The number of amides is 1. The molecule has 0 radical (unpaired) electrons. The third-order valence-corrected chi connectivity index (χ3v) is 4.57. The fourth-order valence-electron chi connectivity index (χ4n) is 3.25. The number of ether oxygens (including phenoxy) is 1. The van der Waals surface area contributed by atoms with Crippen LogP contribution in [-0.2, 0) is 11.2 Å². The minimum Gasteiger partial charge on any atom is -0.508 e. The predicted octanol–water partition coefficient (Wildman–Crippen LogP) is 3.49. The molecule has 25 heavy (non-hydrogen) atoms. The maximum Gasteiger partial charge on any atom is 0.243 e. The smallest absolute Gasteiger partial charge is 0.243 e. The van der Waals surface area contributed by atoms with E-state index in [-0.39, 0.29) is 11.7 Å². The van der Waals surface area contributed by atoms with E-state index < -0.39 is 0 Å². The molecule has 1 heterocycles. The Kier molecular flexibility index (Phi) is 5.12. The highest BCUT2D eigenvalue weighted by molar-refractivity contribution is 5.95. The third-order valence-electron chi connectivity index (χ3n) is 4.57. The predicted molar refractivity (Wildman–Crippen MR) is 99.6 cm³/mol. The molecular weight excluding hydrogens is 316 g/mol. The lowest BCUT2D eigenvalue weighted by atomic mass is 10.1. The first-order valence-electron chi connectivity index (χ1n) is 8.58. The van der Waals surface area contributed by atoms with Gasteiger partial charge in [-0.1, -0.05) is 0 Å². The van der Waals surface area contributed by atoms with E-state index in [1.807, 2.05) is 19.1 Å². The molecule has 0 fully saturated rings. The number of anilines is 2. The van der Waals surface area contributed by atoms with Crippen LogP contribution in [0, 0.1) is 6.92 Å². The van der Waals surface area contributed by atoms with Crippen molar-refractivity contribution in [1.29, 1.82) is 0 Å². The van der Waals surface area contributed by atoms with Crippen LogP contribution >= 0.6 is 0 Å². The van der Waals surface area contributed by atoms with E-state index in [4.69, 9.17) is 4.74 Å². The van der Waals surface area contributed by atoms with E-state index in [2.05, 4.69) is 16.3 Å². The Morgan fingerprint density at radius 3 is 2.84 bits per heavy atom. The first-order chi connectivity index (χ1) is 12.1. The Morgan fingerprint density at radius 2 is 2.08 bits per heavy atom. The van der Waals surface area contributed by atoms with Crippen molar-refractivity contribution >= 4 is 17.3 Å².